The van der Waals surface area contributed by atoms with Gasteiger partial charge in [0.2, 0.25) is 5.91 Å². The zero-order chi connectivity index (χ0) is 16.2. The summed E-state index contributed by atoms with van der Waals surface area (Å²) in [5.74, 6) is 0.0591. The van der Waals surface area contributed by atoms with Crippen molar-refractivity contribution in [3.05, 3.63) is 65.7 Å². The van der Waals surface area contributed by atoms with E-state index in [1.807, 2.05) is 30.3 Å². The molecule has 0 radical (unpaired) electrons. The maximum atomic E-state index is 12.0. The molecule has 3 nitrogen and oxygen atoms in total. The van der Waals surface area contributed by atoms with E-state index in [4.69, 9.17) is 11.6 Å². The van der Waals surface area contributed by atoms with Gasteiger partial charge < -0.3 is 10.4 Å². The van der Waals surface area contributed by atoms with E-state index in [-0.39, 0.29) is 17.4 Å². The standard InChI is InChI=1S/C18H14ClNO2S/c19-14-6-8-17(21)16(10-14)20-18(22)11-23-15-7-5-12-3-1-2-4-13(12)9-15/h1-10,21H,11H2,(H,20,22). The van der Waals surface area contributed by atoms with Crippen LogP contribution in [0.2, 0.25) is 5.02 Å². The Hall–Kier alpha value is -2.17. The monoisotopic (exact) mass is 343 g/mol. The first-order valence-corrected chi connectivity index (χ1v) is 8.38. The number of halogens is 1. The molecule has 0 aliphatic carbocycles. The predicted molar refractivity (Wildman–Crippen MR) is 96.4 cm³/mol. The maximum Gasteiger partial charge on any atom is 0.234 e. The number of carbonyl (C=O) groups excluding carboxylic acids is 1. The van der Waals surface area contributed by atoms with Crippen LogP contribution < -0.4 is 5.32 Å². The number of benzene rings is 3. The van der Waals surface area contributed by atoms with Crippen molar-refractivity contribution in [2.24, 2.45) is 0 Å². The first-order valence-electron chi connectivity index (χ1n) is 7.02. The van der Waals surface area contributed by atoms with Crippen LogP contribution in [0.15, 0.2) is 65.6 Å². The molecular formula is C18H14ClNO2S. The molecule has 0 unspecified atom stereocenters. The number of fused-ring (bicyclic) bond motifs is 1. The van der Waals surface area contributed by atoms with Gasteiger partial charge in [0.1, 0.15) is 5.75 Å². The second-order valence-corrected chi connectivity index (χ2v) is 6.49. The quantitative estimate of drug-likeness (QED) is 0.521. The summed E-state index contributed by atoms with van der Waals surface area (Å²) in [6.07, 6.45) is 0. The maximum absolute atomic E-state index is 12.0. The molecule has 0 aliphatic rings. The summed E-state index contributed by atoms with van der Waals surface area (Å²) in [7, 11) is 0. The highest BCUT2D eigenvalue weighted by Crippen LogP contribution is 2.27. The van der Waals surface area contributed by atoms with Crippen molar-refractivity contribution in [2.75, 3.05) is 11.1 Å². The number of hydrogen-bond acceptors (Lipinski definition) is 3. The summed E-state index contributed by atoms with van der Waals surface area (Å²) in [5.41, 5.74) is 0.321. The molecule has 5 heteroatoms. The van der Waals surface area contributed by atoms with Crippen molar-refractivity contribution in [3.8, 4) is 5.75 Å². The molecule has 0 heterocycles. The zero-order valence-corrected chi connectivity index (χ0v) is 13.7. The van der Waals surface area contributed by atoms with E-state index in [9.17, 15) is 9.90 Å². The Morgan fingerprint density at radius 3 is 2.65 bits per heavy atom. The molecular weight excluding hydrogens is 330 g/mol. The zero-order valence-electron chi connectivity index (χ0n) is 12.1. The third-order valence-electron chi connectivity index (χ3n) is 3.32. The molecule has 0 atom stereocenters. The molecule has 0 bridgehead atoms. The summed E-state index contributed by atoms with van der Waals surface area (Å²) in [6, 6.07) is 18.7. The Morgan fingerprint density at radius 2 is 1.83 bits per heavy atom. The Morgan fingerprint density at radius 1 is 1.04 bits per heavy atom. The number of carbonyl (C=O) groups is 1. The number of rotatable bonds is 4. The minimum absolute atomic E-state index is 0.00143. The first-order chi connectivity index (χ1) is 11.1. The fraction of sp³-hybridized carbons (Fsp3) is 0.0556. The molecule has 0 saturated carbocycles. The van der Waals surface area contributed by atoms with Crippen LogP contribution in [0.1, 0.15) is 0 Å². The number of amides is 1. The lowest BCUT2D eigenvalue weighted by Gasteiger charge is -2.08. The Balaban J connectivity index is 1.64. The van der Waals surface area contributed by atoms with E-state index >= 15 is 0 Å². The summed E-state index contributed by atoms with van der Waals surface area (Å²) >= 11 is 7.31. The van der Waals surface area contributed by atoms with Gasteiger partial charge >= 0.3 is 0 Å². The van der Waals surface area contributed by atoms with E-state index in [0.29, 0.717) is 10.7 Å². The van der Waals surface area contributed by atoms with Crippen LogP contribution in [-0.2, 0) is 4.79 Å². The number of phenols is 1. The molecule has 0 spiro atoms. The highest BCUT2D eigenvalue weighted by atomic mass is 35.5. The predicted octanol–water partition coefficient (Wildman–Crippen LogP) is 4.93. The fourth-order valence-corrected chi connectivity index (χ4v) is 3.12. The lowest BCUT2D eigenvalue weighted by molar-refractivity contribution is -0.113. The molecule has 2 N–H and O–H groups in total. The second-order valence-electron chi connectivity index (χ2n) is 5.01. The highest BCUT2D eigenvalue weighted by molar-refractivity contribution is 8.00. The number of anilines is 1. The molecule has 0 saturated heterocycles. The minimum Gasteiger partial charge on any atom is -0.506 e. The van der Waals surface area contributed by atoms with Crippen LogP contribution in [0.25, 0.3) is 10.8 Å². The van der Waals surface area contributed by atoms with Gasteiger partial charge in [-0.25, -0.2) is 0 Å². The average Bonchev–Trinajstić information content (AvgIpc) is 2.56. The van der Waals surface area contributed by atoms with Crippen LogP contribution in [0.4, 0.5) is 5.69 Å². The van der Waals surface area contributed by atoms with Gasteiger partial charge in [0.15, 0.2) is 0 Å². The summed E-state index contributed by atoms with van der Waals surface area (Å²) in [5, 5.41) is 15.1. The molecule has 23 heavy (non-hydrogen) atoms. The van der Waals surface area contributed by atoms with E-state index in [1.54, 1.807) is 6.07 Å². The van der Waals surface area contributed by atoms with Gasteiger partial charge in [-0.05, 0) is 41.1 Å². The minimum atomic E-state index is -0.194. The second kappa shape index (κ2) is 6.94. The molecule has 3 rings (SSSR count). The normalized spacial score (nSPS) is 10.7. The number of nitrogens with one attached hydrogen (secondary N) is 1. The van der Waals surface area contributed by atoms with Crippen molar-refractivity contribution in [1.82, 2.24) is 0 Å². The van der Waals surface area contributed by atoms with Crippen molar-refractivity contribution < 1.29 is 9.90 Å². The molecule has 0 aromatic heterocycles. The molecule has 3 aromatic carbocycles. The van der Waals surface area contributed by atoms with E-state index in [2.05, 4.69) is 17.4 Å². The van der Waals surface area contributed by atoms with Gasteiger partial charge in [0, 0.05) is 9.92 Å². The van der Waals surface area contributed by atoms with Crippen molar-refractivity contribution in [1.29, 1.82) is 0 Å². The molecule has 1 amide bonds. The summed E-state index contributed by atoms with van der Waals surface area (Å²) < 4.78 is 0. The van der Waals surface area contributed by atoms with Crippen molar-refractivity contribution in [3.63, 3.8) is 0 Å². The lowest BCUT2D eigenvalue weighted by atomic mass is 10.1. The van der Waals surface area contributed by atoms with E-state index in [0.717, 1.165) is 10.3 Å². The summed E-state index contributed by atoms with van der Waals surface area (Å²) in [6.45, 7) is 0. The third kappa shape index (κ3) is 3.97. The number of aromatic hydroxyl groups is 1. The van der Waals surface area contributed by atoms with Crippen molar-refractivity contribution >= 4 is 45.7 Å². The summed E-state index contributed by atoms with van der Waals surface area (Å²) in [4.78, 5) is 13.0. The van der Waals surface area contributed by atoms with Gasteiger partial charge in [-0.3, -0.25) is 4.79 Å². The topological polar surface area (TPSA) is 49.3 Å². The van der Waals surface area contributed by atoms with E-state index < -0.39 is 0 Å². The van der Waals surface area contributed by atoms with Gasteiger partial charge in [-0.1, -0.05) is 41.9 Å². The van der Waals surface area contributed by atoms with Crippen molar-refractivity contribution in [2.45, 2.75) is 4.90 Å². The number of thioether (sulfide) groups is 1. The Kier molecular flexibility index (Phi) is 4.74. The van der Waals surface area contributed by atoms with Crippen LogP contribution in [0, 0.1) is 0 Å². The Bertz CT molecular complexity index is 867. The average molecular weight is 344 g/mol. The van der Waals surface area contributed by atoms with Crippen LogP contribution in [-0.4, -0.2) is 16.8 Å². The van der Waals surface area contributed by atoms with E-state index in [1.165, 1.54) is 29.3 Å². The largest absolute Gasteiger partial charge is 0.506 e. The van der Waals surface area contributed by atoms with Gasteiger partial charge in [-0.2, -0.15) is 0 Å². The SMILES string of the molecule is O=C(CSc1ccc2ccccc2c1)Nc1cc(Cl)ccc1O. The molecule has 116 valence electrons. The number of phenolic OH excluding ortho intramolecular Hbond substituents is 1. The highest BCUT2D eigenvalue weighted by Gasteiger charge is 2.08. The van der Waals surface area contributed by atoms with Crippen LogP contribution >= 0.6 is 23.4 Å². The van der Waals surface area contributed by atoms with Gasteiger partial charge in [0.05, 0.1) is 11.4 Å². The molecule has 0 aliphatic heterocycles. The van der Waals surface area contributed by atoms with Crippen LogP contribution in [0.3, 0.4) is 0 Å². The lowest BCUT2D eigenvalue weighted by Crippen LogP contribution is -2.14. The number of hydrogen-bond donors (Lipinski definition) is 2. The molecule has 0 fully saturated rings. The fourth-order valence-electron chi connectivity index (χ4n) is 2.20. The third-order valence-corrected chi connectivity index (χ3v) is 4.55. The molecule has 3 aromatic rings. The smallest absolute Gasteiger partial charge is 0.234 e. The van der Waals surface area contributed by atoms with Gasteiger partial charge in [-0.15, -0.1) is 11.8 Å². The Labute approximate surface area is 143 Å². The van der Waals surface area contributed by atoms with Crippen LogP contribution in [0.5, 0.6) is 5.75 Å². The van der Waals surface area contributed by atoms with Gasteiger partial charge in [0.25, 0.3) is 0 Å². The first kappa shape index (κ1) is 15.7.